The van der Waals surface area contributed by atoms with E-state index in [4.69, 9.17) is 0 Å². The minimum atomic E-state index is 0.909. The maximum atomic E-state index is 4.40. The van der Waals surface area contributed by atoms with Gasteiger partial charge in [-0.1, -0.05) is 0 Å². The summed E-state index contributed by atoms with van der Waals surface area (Å²) in [5.41, 5.74) is 3.08. The number of aromatic nitrogens is 4. The first-order chi connectivity index (χ1) is 7.93. The monoisotopic (exact) mass is 208 g/mol. The normalized spacial score (nSPS) is 11.8. The maximum Gasteiger partial charge on any atom is 0.139 e. The molecular formula is C12H8N4. The SMILES string of the molecule is c1cc2c(cn1)[nH]c1c3cc[nH]c3ncc21. The van der Waals surface area contributed by atoms with Crippen LogP contribution >= 0.6 is 0 Å². The van der Waals surface area contributed by atoms with Crippen LogP contribution in [0.4, 0.5) is 0 Å². The third-order valence-electron chi connectivity index (χ3n) is 2.96. The van der Waals surface area contributed by atoms with Gasteiger partial charge in [0.05, 0.1) is 17.2 Å². The lowest BCUT2D eigenvalue weighted by Gasteiger charge is -1.91. The van der Waals surface area contributed by atoms with Crippen molar-refractivity contribution in [2.45, 2.75) is 0 Å². The Bertz CT molecular complexity index is 809. The number of hydrogen-bond acceptors (Lipinski definition) is 2. The van der Waals surface area contributed by atoms with Crippen molar-refractivity contribution in [1.82, 2.24) is 19.9 Å². The Hall–Kier alpha value is -2.36. The number of nitrogens with one attached hydrogen (secondary N) is 2. The highest BCUT2D eigenvalue weighted by molar-refractivity contribution is 6.15. The summed E-state index contributed by atoms with van der Waals surface area (Å²) in [6.45, 7) is 0. The fourth-order valence-corrected chi connectivity index (χ4v) is 2.21. The van der Waals surface area contributed by atoms with Crippen molar-refractivity contribution in [3.05, 3.63) is 36.9 Å². The molecule has 4 heterocycles. The minimum absolute atomic E-state index is 0.909. The van der Waals surface area contributed by atoms with Gasteiger partial charge in [0.1, 0.15) is 5.65 Å². The van der Waals surface area contributed by atoms with Crippen molar-refractivity contribution in [2.75, 3.05) is 0 Å². The molecule has 4 aromatic rings. The van der Waals surface area contributed by atoms with Gasteiger partial charge in [-0.15, -0.1) is 0 Å². The quantitative estimate of drug-likeness (QED) is 0.466. The van der Waals surface area contributed by atoms with Gasteiger partial charge in [0.2, 0.25) is 0 Å². The van der Waals surface area contributed by atoms with E-state index >= 15 is 0 Å². The molecule has 4 heteroatoms. The first-order valence-electron chi connectivity index (χ1n) is 5.11. The van der Waals surface area contributed by atoms with E-state index in [2.05, 4.69) is 19.9 Å². The zero-order valence-corrected chi connectivity index (χ0v) is 8.36. The van der Waals surface area contributed by atoms with E-state index in [9.17, 15) is 0 Å². The number of aromatic amines is 2. The summed E-state index contributed by atoms with van der Waals surface area (Å²) in [6.07, 6.45) is 7.44. The summed E-state index contributed by atoms with van der Waals surface area (Å²) in [5, 5.41) is 3.43. The highest BCUT2D eigenvalue weighted by atomic mass is 14.9. The van der Waals surface area contributed by atoms with Crippen LogP contribution in [0.25, 0.3) is 32.8 Å². The van der Waals surface area contributed by atoms with E-state index in [1.54, 1.807) is 6.20 Å². The average molecular weight is 208 g/mol. The van der Waals surface area contributed by atoms with E-state index < -0.39 is 0 Å². The number of fused-ring (bicyclic) bond motifs is 5. The van der Waals surface area contributed by atoms with Gasteiger partial charge in [0.25, 0.3) is 0 Å². The predicted octanol–water partition coefficient (Wildman–Crippen LogP) is 2.59. The third-order valence-corrected chi connectivity index (χ3v) is 2.96. The van der Waals surface area contributed by atoms with Crippen molar-refractivity contribution < 1.29 is 0 Å². The van der Waals surface area contributed by atoms with Crippen molar-refractivity contribution in [1.29, 1.82) is 0 Å². The molecule has 0 fully saturated rings. The predicted molar refractivity (Wildman–Crippen MR) is 63.3 cm³/mol. The van der Waals surface area contributed by atoms with Crippen LogP contribution in [-0.2, 0) is 0 Å². The number of nitrogens with zero attached hydrogens (tertiary/aromatic N) is 2. The lowest BCUT2D eigenvalue weighted by molar-refractivity contribution is 1.34. The first kappa shape index (κ1) is 7.87. The summed E-state index contributed by atoms with van der Waals surface area (Å²) in [6, 6.07) is 4.04. The summed E-state index contributed by atoms with van der Waals surface area (Å²) >= 11 is 0. The molecule has 0 aliphatic rings. The van der Waals surface area contributed by atoms with Gasteiger partial charge in [0.15, 0.2) is 0 Å². The molecule has 76 valence electrons. The molecule has 4 rings (SSSR count). The molecule has 16 heavy (non-hydrogen) atoms. The van der Waals surface area contributed by atoms with E-state index in [1.165, 1.54) is 5.39 Å². The van der Waals surface area contributed by atoms with Crippen molar-refractivity contribution in [2.24, 2.45) is 0 Å². The Morgan fingerprint density at radius 1 is 1.00 bits per heavy atom. The lowest BCUT2D eigenvalue weighted by atomic mass is 10.2. The summed E-state index contributed by atoms with van der Waals surface area (Å²) in [5.74, 6) is 0. The number of hydrogen-bond donors (Lipinski definition) is 2. The molecule has 2 N–H and O–H groups in total. The molecule has 4 aromatic heterocycles. The second-order valence-electron chi connectivity index (χ2n) is 3.83. The van der Waals surface area contributed by atoms with Crippen LogP contribution in [0, 0.1) is 0 Å². The van der Waals surface area contributed by atoms with Crippen LogP contribution < -0.4 is 0 Å². The van der Waals surface area contributed by atoms with Crippen LogP contribution in [0.5, 0.6) is 0 Å². The van der Waals surface area contributed by atoms with Crippen LogP contribution in [0.1, 0.15) is 0 Å². The average Bonchev–Trinajstić information content (AvgIpc) is 2.92. The summed E-state index contributed by atoms with van der Waals surface area (Å²) in [4.78, 5) is 15.0. The molecule has 0 aromatic carbocycles. The van der Waals surface area contributed by atoms with Gasteiger partial charge in [-0.25, -0.2) is 4.98 Å². The molecule has 0 aliphatic carbocycles. The van der Waals surface area contributed by atoms with Gasteiger partial charge in [-0.2, -0.15) is 0 Å². The fourth-order valence-electron chi connectivity index (χ4n) is 2.21. The van der Waals surface area contributed by atoms with Gasteiger partial charge < -0.3 is 9.97 Å². The molecule has 0 saturated heterocycles. The molecular weight excluding hydrogens is 200 g/mol. The van der Waals surface area contributed by atoms with Crippen molar-refractivity contribution in [3.8, 4) is 0 Å². The molecule has 0 bridgehead atoms. The van der Waals surface area contributed by atoms with Gasteiger partial charge >= 0.3 is 0 Å². The van der Waals surface area contributed by atoms with Gasteiger partial charge in [-0.3, -0.25) is 4.98 Å². The van der Waals surface area contributed by atoms with E-state index in [1.807, 2.05) is 30.7 Å². The summed E-state index contributed by atoms with van der Waals surface area (Å²) < 4.78 is 0. The number of pyridine rings is 2. The standard InChI is InChI=1S/C12H8N4/c1-3-13-6-10-7(1)9-5-15-12-8(2-4-14-12)11(9)16-10/h1-6,16H,(H,14,15). The van der Waals surface area contributed by atoms with Crippen molar-refractivity contribution in [3.63, 3.8) is 0 Å². The van der Waals surface area contributed by atoms with Crippen molar-refractivity contribution >= 4 is 32.8 Å². The largest absolute Gasteiger partial charge is 0.353 e. The molecule has 0 atom stereocenters. The molecule has 4 nitrogen and oxygen atoms in total. The molecule has 0 aliphatic heterocycles. The zero-order chi connectivity index (χ0) is 10.5. The molecule has 0 spiro atoms. The van der Waals surface area contributed by atoms with E-state index in [-0.39, 0.29) is 0 Å². The summed E-state index contributed by atoms with van der Waals surface area (Å²) in [7, 11) is 0. The Labute approximate surface area is 90.3 Å². The highest BCUT2D eigenvalue weighted by Crippen LogP contribution is 2.28. The molecule has 0 amide bonds. The van der Waals surface area contributed by atoms with Crippen LogP contribution in [0.3, 0.4) is 0 Å². The molecule has 0 radical (unpaired) electrons. The Morgan fingerprint density at radius 3 is 3.00 bits per heavy atom. The Morgan fingerprint density at radius 2 is 2.00 bits per heavy atom. The second kappa shape index (κ2) is 2.61. The van der Waals surface area contributed by atoms with Crippen LogP contribution in [0.15, 0.2) is 36.9 Å². The number of rotatable bonds is 0. The van der Waals surface area contributed by atoms with Gasteiger partial charge in [0, 0.05) is 34.7 Å². The molecule has 0 unspecified atom stereocenters. The second-order valence-corrected chi connectivity index (χ2v) is 3.83. The van der Waals surface area contributed by atoms with Crippen LogP contribution in [0.2, 0.25) is 0 Å². The Kier molecular flexibility index (Phi) is 1.28. The first-order valence-corrected chi connectivity index (χ1v) is 5.11. The van der Waals surface area contributed by atoms with Crippen LogP contribution in [-0.4, -0.2) is 19.9 Å². The smallest absolute Gasteiger partial charge is 0.139 e. The van der Waals surface area contributed by atoms with E-state index in [0.717, 1.165) is 27.5 Å². The van der Waals surface area contributed by atoms with E-state index in [0.29, 0.717) is 0 Å². The maximum absolute atomic E-state index is 4.40. The Balaban J connectivity index is 2.38. The highest BCUT2D eigenvalue weighted by Gasteiger charge is 2.08. The number of H-pyrrole nitrogens is 2. The minimum Gasteiger partial charge on any atom is -0.353 e. The third kappa shape index (κ3) is 0.839. The fraction of sp³-hybridized carbons (Fsp3) is 0. The zero-order valence-electron chi connectivity index (χ0n) is 8.36. The lowest BCUT2D eigenvalue weighted by Crippen LogP contribution is -1.76. The molecule has 0 saturated carbocycles. The van der Waals surface area contributed by atoms with Gasteiger partial charge in [-0.05, 0) is 12.1 Å². The topological polar surface area (TPSA) is 57.4 Å².